The molecule has 0 aromatic heterocycles. The summed E-state index contributed by atoms with van der Waals surface area (Å²) in [5.41, 5.74) is 0. The molecular formula is C21H43IN4O3. The maximum absolute atomic E-state index is 5.98. The molecule has 0 aliphatic carbocycles. The molecule has 2 saturated heterocycles. The summed E-state index contributed by atoms with van der Waals surface area (Å²) in [6.45, 7) is 12.9. The molecule has 7 nitrogen and oxygen atoms in total. The zero-order valence-corrected chi connectivity index (χ0v) is 21.2. The van der Waals surface area contributed by atoms with Gasteiger partial charge in [-0.2, -0.15) is 0 Å². The number of rotatable bonds is 10. The fourth-order valence-electron chi connectivity index (χ4n) is 4.08. The van der Waals surface area contributed by atoms with Gasteiger partial charge in [-0.15, -0.1) is 24.0 Å². The van der Waals surface area contributed by atoms with Gasteiger partial charge in [0.05, 0.1) is 19.3 Å². The highest BCUT2D eigenvalue weighted by Crippen LogP contribution is 2.16. The lowest BCUT2D eigenvalue weighted by molar-refractivity contribution is 0.00872. The van der Waals surface area contributed by atoms with Crippen molar-refractivity contribution in [2.24, 2.45) is 10.9 Å². The molecule has 172 valence electrons. The van der Waals surface area contributed by atoms with Crippen LogP contribution in [0.25, 0.3) is 0 Å². The average Bonchev–Trinajstić information content (AvgIpc) is 2.72. The molecule has 0 bridgehead atoms. The predicted molar refractivity (Wildman–Crippen MR) is 129 cm³/mol. The van der Waals surface area contributed by atoms with Crippen molar-refractivity contribution in [3.05, 3.63) is 0 Å². The van der Waals surface area contributed by atoms with Gasteiger partial charge in [0.25, 0.3) is 0 Å². The normalized spacial score (nSPS) is 20.6. The summed E-state index contributed by atoms with van der Waals surface area (Å²) in [6, 6.07) is 0.530. The van der Waals surface area contributed by atoms with E-state index < -0.39 is 0 Å². The van der Waals surface area contributed by atoms with Crippen LogP contribution in [0, 0.1) is 5.92 Å². The van der Waals surface area contributed by atoms with Crippen LogP contribution in [0.1, 0.15) is 39.5 Å². The lowest BCUT2D eigenvalue weighted by Gasteiger charge is -2.38. The number of piperidine rings is 1. The monoisotopic (exact) mass is 526 g/mol. The fourth-order valence-corrected chi connectivity index (χ4v) is 4.08. The number of nitrogens with zero attached hydrogens (tertiary/aromatic N) is 3. The Morgan fingerprint density at radius 2 is 1.83 bits per heavy atom. The van der Waals surface area contributed by atoms with Gasteiger partial charge in [-0.1, -0.05) is 13.8 Å². The Morgan fingerprint density at radius 1 is 1.14 bits per heavy atom. The number of ether oxygens (including phenoxy) is 3. The SMILES string of the molecule is CN=C(NCC(CC(C)C)N1CCOCC1)N1CCC(OCCCOC)CC1.I. The Morgan fingerprint density at radius 3 is 2.41 bits per heavy atom. The molecule has 0 spiro atoms. The number of halogens is 1. The van der Waals surface area contributed by atoms with Crippen LogP contribution in [-0.4, -0.2) is 101 Å². The van der Waals surface area contributed by atoms with E-state index in [0.29, 0.717) is 18.1 Å². The molecular weight excluding hydrogens is 483 g/mol. The summed E-state index contributed by atoms with van der Waals surface area (Å²) in [4.78, 5) is 9.50. The number of hydrogen-bond acceptors (Lipinski definition) is 5. The second-order valence-corrected chi connectivity index (χ2v) is 8.26. The van der Waals surface area contributed by atoms with Crippen LogP contribution in [-0.2, 0) is 14.2 Å². The molecule has 2 aliphatic rings. The molecule has 0 saturated carbocycles. The number of morpholine rings is 1. The average molecular weight is 527 g/mol. The van der Waals surface area contributed by atoms with Gasteiger partial charge < -0.3 is 24.4 Å². The Balaban J connectivity index is 0.00000420. The summed E-state index contributed by atoms with van der Waals surface area (Å²) in [5.74, 6) is 1.71. The molecule has 29 heavy (non-hydrogen) atoms. The van der Waals surface area contributed by atoms with E-state index in [0.717, 1.165) is 84.4 Å². The van der Waals surface area contributed by atoms with Crippen molar-refractivity contribution in [1.82, 2.24) is 15.1 Å². The molecule has 1 N–H and O–H groups in total. The van der Waals surface area contributed by atoms with E-state index in [4.69, 9.17) is 14.2 Å². The Labute approximate surface area is 194 Å². The maximum atomic E-state index is 5.98. The lowest BCUT2D eigenvalue weighted by Crippen LogP contribution is -2.53. The van der Waals surface area contributed by atoms with Gasteiger partial charge in [0, 0.05) is 66.1 Å². The van der Waals surface area contributed by atoms with Crippen molar-refractivity contribution in [1.29, 1.82) is 0 Å². The quantitative estimate of drug-likeness (QED) is 0.204. The van der Waals surface area contributed by atoms with Crippen LogP contribution in [0.5, 0.6) is 0 Å². The third-order valence-corrected chi connectivity index (χ3v) is 5.60. The van der Waals surface area contributed by atoms with Crippen molar-refractivity contribution in [3.63, 3.8) is 0 Å². The Kier molecular flexibility index (Phi) is 14.5. The molecule has 2 rings (SSSR count). The highest BCUT2D eigenvalue weighted by atomic mass is 127. The summed E-state index contributed by atoms with van der Waals surface area (Å²) in [5, 5.41) is 3.65. The van der Waals surface area contributed by atoms with Crippen LogP contribution in [0.3, 0.4) is 0 Å². The third-order valence-electron chi connectivity index (χ3n) is 5.60. The molecule has 8 heteroatoms. The molecule has 0 aromatic carbocycles. The molecule has 2 fully saturated rings. The van der Waals surface area contributed by atoms with Gasteiger partial charge in [-0.3, -0.25) is 9.89 Å². The fraction of sp³-hybridized carbons (Fsp3) is 0.952. The highest BCUT2D eigenvalue weighted by Gasteiger charge is 2.25. The number of likely N-dealkylation sites (tertiary alicyclic amines) is 1. The second-order valence-electron chi connectivity index (χ2n) is 8.26. The van der Waals surface area contributed by atoms with E-state index in [1.54, 1.807) is 7.11 Å². The van der Waals surface area contributed by atoms with Crippen molar-refractivity contribution >= 4 is 29.9 Å². The number of aliphatic imine (C=N–C) groups is 1. The van der Waals surface area contributed by atoms with Crippen LogP contribution in [0.4, 0.5) is 0 Å². The molecule has 1 unspecified atom stereocenters. The second kappa shape index (κ2) is 15.6. The van der Waals surface area contributed by atoms with Crippen molar-refractivity contribution in [2.45, 2.75) is 51.7 Å². The molecule has 0 aromatic rings. The molecule has 1 atom stereocenters. The van der Waals surface area contributed by atoms with Crippen molar-refractivity contribution < 1.29 is 14.2 Å². The maximum Gasteiger partial charge on any atom is 0.193 e. The zero-order chi connectivity index (χ0) is 20.2. The van der Waals surface area contributed by atoms with E-state index in [1.165, 1.54) is 6.42 Å². The van der Waals surface area contributed by atoms with Crippen LogP contribution in [0.2, 0.25) is 0 Å². The minimum atomic E-state index is 0. The minimum absolute atomic E-state index is 0. The summed E-state index contributed by atoms with van der Waals surface area (Å²) in [7, 11) is 3.63. The first-order valence-electron chi connectivity index (χ1n) is 11.0. The summed E-state index contributed by atoms with van der Waals surface area (Å²) < 4.78 is 16.6. The number of guanidine groups is 1. The predicted octanol–water partition coefficient (Wildman–Crippen LogP) is 2.44. The standard InChI is InChI=1S/C21H42N4O3.HI/c1-18(2)16-19(24-10-14-27-15-11-24)17-23-21(22-3)25-8-6-20(7-9-25)28-13-5-12-26-4;/h18-20H,5-17H2,1-4H3,(H,22,23);1H. The van der Waals surface area contributed by atoms with Gasteiger partial charge in [-0.05, 0) is 31.6 Å². The molecule has 2 aliphatic heterocycles. The van der Waals surface area contributed by atoms with Crippen molar-refractivity contribution in [2.75, 3.05) is 73.3 Å². The topological polar surface area (TPSA) is 58.6 Å². The number of methoxy groups -OCH3 is 1. The van der Waals surface area contributed by atoms with Crippen LogP contribution < -0.4 is 5.32 Å². The zero-order valence-electron chi connectivity index (χ0n) is 18.9. The Bertz CT molecular complexity index is 440. The van der Waals surface area contributed by atoms with E-state index >= 15 is 0 Å². The van der Waals surface area contributed by atoms with E-state index in [9.17, 15) is 0 Å². The third kappa shape index (κ3) is 10.1. The van der Waals surface area contributed by atoms with E-state index in [-0.39, 0.29) is 24.0 Å². The molecule has 0 amide bonds. The van der Waals surface area contributed by atoms with Gasteiger partial charge in [0.2, 0.25) is 0 Å². The van der Waals surface area contributed by atoms with E-state index in [1.807, 2.05) is 7.05 Å². The highest BCUT2D eigenvalue weighted by molar-refractivity contribution is 14.0. The number of nitrogens with one attached hydrogen (secondary N) is 1. The first-order valence-corrected chi connectivity index (χ1v) is 11.0. The van der Waals surface area contributed by atoms with Crippen molar-refractivity contribution in [3.8, 4) is 0 Å². The first kappa shape index (κ1) is 26.9. The molecule has 2 heterocycles. The number of hydrogen-bond donors (Lipinski definition) is 1. The van der Waals surface area contributed by atoms with Crippen LogP contribution >= 0.6 is 24.0 Å². The molecule has 0 radical (unpaired) electrons. The lowest BCUT2D eigenvalue weighted by atomic mass is 10.0. The largest absolute Gasteiger partial charge is 0.385 e. The smallest absolute Gasteiger partial charge is 0.193 e. The van der Waals surface area contributed by atoms with Gasteiger partial charge in [0.1, 0.15) is 0 Å². The minimum Gasteiger partial charge on any atom is -0.385 e. The first-order chi connectivity index (χ1) is 13.6. The van der Waals surface area contributed by atoms with Gasteiger partial charge in [0.15, 0.2) is 5.96 Å². The summed E-state index contributed by atoms with van der Waals surface area (Å²) >= 11 is 0. The van der Waals surface area contributed by atoms with Gasteiger partial charge >= 0.3 is 0 Å². The Hall–Kier alpha value is -0.160. The van der Waals surface area contributed by atoms with Gasteiger partial charge in [-0.25, -0.2) is 0 Å². The van der Waals surface area contributed by atoms with Crippen LogP contribution in [0.15, 0.2) is 4.99 Å². The van der Waals surface area contributed by atoms with E-state index in [2.05, 4.69) is 34.0 Å². The summed E-state index contributed by atoms with van der Waals surface area (Å²) in [6.07, 6.45) is 4.66.